The Hall–Kier alpha value is -2.41. The van der Waals surface area contributed by atoms with Crippen molar-refractivity contribution in [1.82, 2.24) is 14.8 Å². The molecule has 1 aliphatic heterocycles. The fraction of sp³-hybridized carbons (Fsp3) is 0.389. The van der Waals surface area contributed by atoms with Crippen molar-refractivity contribution >= 4 is 11.6 Å². The van der Waals surface area contributed by atoms with E-state index in [0.717, 1.165) is 37.2 Å². The van der Waals surface area contributed by atoms with Crippen LogP contribution in [-0.2, 0) is 13.0 Å². The van der Waals surface area contributed by atoms with Crippen LogP contribution < -0.4 is 0 Å². The Morgan fingerprint density at radius 2 is 1.91 bits per heavy atom. The molecule has 0 saturated carbocycles. The quantitative estimate of drug-likeness (QED) is 0.793. The Kier molecular flexibility index (Phi) is 4.06. The molecule has 0 atom stereocenters. The van der Waals surface area contributed by atoms with Crippen LogP contribution in [0, 0.1) is 25.2 Å². The van der Waals surface area contributed by atoms with Gasteiger partial charge in [0.05, 0.1) is 5.57 Å². The number of hydrogen-bond donors (Lipinski definition) is 0. The summed E-state index contributed by atoms with van der Waals surface area (Å²) in [7, 11) is 0. The van der Waals surface area contributed by atoms with Gasteiger partial charge in [0.2, 0.25) is 0 Å². The highest BCUT2D eigenvalue weighted by atomic mass is 15.3. The highest BCUT2D eigenvalue weighted by Crippen LogP contribution is 2.22. The van der Waals surface area contributed by atoms with Gasteiger partial charge in [0.15, 0.2) is 5.82 Å². The number of hydrogen-bond acceptors (Lipinski definition) is 3. The maximum absolute atomic E-state index is 9.57. The SMILES string of the molecule is Cc1cc(C)cc(/C=C(/C#N)c2nnc3n2CCCCC3)c1. The first-order valence-corrected chi connectivity index (χ1v) is 7.80. The van der Waals surface area contributed by atoms with E-state index in [1.165, 1.54) is 17.5 Å². The molecule has 1 aliphatic rings. The van der Waals surface area contributed by atoms with Crippen molar-refractivity contribution in [2.75, 3.05) is 0 Å². The second-order valence-electron chi connectivity index (χ2n) is 5.99. The summed E-state index contributed by atoms with van der Waals surface area (Å²) in [6.45, 7) is 5.04. The van der Waals surface area contributed by atoms with Gasteiger partial charge in [-0.25, -0.2) is 0 Å². The Bertz CT molecular complexity index is 742. The summed E-state index contributed by atoms with van der Waals surface area (Å²) >= 11 is 0. The monoisotopic (exact) mass is 292 g/mol. The molecule has 0 fully saturated rings. The number of benzene rings is 1. The summed E-state index contributed by atoms with van der Waals surface area (Å²) in [5, 5.41) is 18.1. The van der Waals surface area contributed by atoms with Crippen LogP contribution in [0.15, 0.2) is 18.2 Å². The minimum atomic E-state index is 0.589. The molecular formula is C18H20N4. The van der Waals surface area contributed by atoms with E-state index in [2.05, 4.69) is 52.9 Å². The standard InChI is InChI=1S/C18H20N4/c1-13-8-14(2)10-15(9-13)11-16(12-19)18-21-20-17-6-4-3-5-7-22(17)18/h8-11H,3-7H2,1-2H3/b16-11-. The molecular weight excluding hydrogens is 272 g/mol. The second-order valence-corrected chi connectivity index (χ2v) is 5.99. The molecule has 22 heavy (non-hydrogen) atoms. The Morgan fingerprint density at radius 1 is 1.14 bits per heavy atom. The summed E-state index contributed by atoms with van der Waals surface area (Å²) in [5.41, 5.74) is 4.03. The molecule has 0 amide bonds. The lowest BCUT2D eigenvalue weighted by atomic mass is 10.0. The summed E-state index contributed by atoms with van der Waals surface area (Å²) in [5.74, 6) is 1.72. The zero-order valence-electron chi connectivity index (χ0n) is 13.1. The Labute approximate surface area is 131 Å². The number of nitrogens with zero attached hydrogens (tertiary/aromatic N) is 4. The number of allylic oxidation sites excluding steroid dienone is 1. The fourth-order valence-electron chi connectivity index (χ4n) is 3.09. The lowest BCUT2D eigenvalue weighted by molar-refractivity contribution is 0.627. The topological polar surface area (TPSA) is 54.5 Å². The van der Waals surface area contributed by atoms with Crippen LogP contribution in [0.1, 0.15) is 47.6 Å². The van der Waals surface area contributed by atoms with Crippen LogP contribution in [0.2, 0.25) is 0 Å². The Balaban J connectivity index is 2.03. The largest absolute Gasteiger partial charge is 0.310 e. The highest BCUT2D eigenvalue weighted by molar-refractivity contribution is 5.87. The lowest BCUT2D eigenvalue weighted by Gasteiger charge is -2.06. The summed E-state index contributed by atoms with van der Waals surface area (Å²) in [6.07, 6.45) is 6.37. The summed E-state index contributed by atoms with van der Waals surface area (Å²) < 4.78 is 2.12. The molecule has 0 aliphatic carbocycles. The first-order valence-electron chi connectivity index (χ1n) is 7.80. The van der Waals surface area contributed by atoms with Crippen molar-refractivity contribution < 1.29 is 0 Å². The molecule has 0 spiro atoms. The van der Waals surface area contributed by atoms with Gasteiger partial charge in [0.1, 0.15) is 11.9 Å². The summed E-state index contributed by atoms with van der Waals surface area (Å²) in [4.78, 5) is 0. The van der Waals surface area contributed by atoms with Gasteiger partial charge in [-0.3, -0.25) is 0 Å². The molecule has 2 aromatic rings. The van der Waals surface area contributed by atoms with E-state index >= 15 is 0 Å². The molecule has 1 aromatic heterocycles. The van der Waals surface area contributed by atoms with E-state index in [-0.39, 0.29) is 0 Å². The third-order valence-electron chi connectivity index (χ3n) is 4.03. The number of aryl methyl sites for hydroxylation is 3. The maximum Gasteiger partial charge on any atom is 0.174 e. The first kappa shape index (κ1) is 14.5. The van der Waals surface area contributed by atoms with Crippen LogP contribution in [0.25, 0.3) is 11.6 Å². The molecule has 0 unspecified atom stereocenters. The molecule has 4 nitrogen and oxygen atoms in total. The van der Waals surface area contributed by atoms with Gasteiger partial charge in [0.25, 0.3) is 0 Å². The van der Waals surface area contributed by atoms with E-state index < -0.39 is 0 Å². The van der Waals surface area contributed by atoms with E-state index in [0.29, 0.717) is 11.4 Å². The maximum atomic E-state index is 9.57. The van der Waals surface area contributed by atoms with E-state index in [9.17, 15) is 5.26 Å². The smallest absolute Gasteiger partial charge is 0.174 e. The average Bonchev–Trinajstić information content (AvgIpc) is 2.72. The molecule has 4 heteroatoms. The zero-order chi connectivity index (χ0) is 15.5. The van der Waals surface area contributed by atoms with Gasteiger partial charge in [-0.2, -0.15) is 5.26 Å². The van der Waals surface area contributed by atoms with Crippen LogP contribution in [0.5, 0.6) is 0 Å². The van der Waals surface area contributed by atoms with Crippen LogP contribution in [0.3, 0.4) is 0 Å². The molecule has 0 N–H and O–H groups in total. The summed E-state index contributed by atoms with van der Waals surface area (Å²) in [6, 6.07) is 8.61. The third-order valence-corrected chi connectivity index (χ3v) is 4.03. The normalized spacial score (nSPS) is 15.0. The number of nitriles is 1. The predicted molar refractivity (Wildman–Crippen MR) is 87.0 cm³/mol. The van der Waals surface area contributed by atoms with Gasteiger partial charge < -0.3 is 4.57 Å². The van der Waals surface area contributed by atoms with Crippen LogP contribution in [-0.4, -0.2) is 14.8 Å². The average molecular weight is 292 g/mol. The predicted octanol–water partition coefficient (Wildman–Crippen LogP) is 3.69. The van der Waals surface area contributed by atoms with Crippen LogP contribution >= 0.6 is 0 Å². The van der Waals surface area contributed by atoms with Crippen molar-refractivity contribution in [3.8, 4) is 6.07 Å². The van der Waals surface area contributed by atoms with Gasteiger partial charge in [-0.1, -0.05) is 35.7 Å². The van der Waals surface area contributed by atoms with Gasteiger partial charge in [-0.15, -0.1) is 10.2 Å². The number of rotatable bonds is 2. The zero-order valence-corrected chi connectivity index (χ0v) is 13.1. The van der Waals surface area contributed by atoms with Gasteiger partial charge in [-0.05, 0) is 38.3 Å². The van der Waals surface area contributed by atoms with Crippen molar-refractivity contribution in [1.29, 1.82) is 5.26 Å². The molecule has 2 heterocycles. The fourth-order valence-corrected chi connectivity index (χ4v) is 3.09. The van der Waals surface area contributed by atoms with Crippen molar-refractivity contribution in [2.45, 2.75) is 46.1 Å². The minimum absolute atomic E-state index is 0.589. The molecule has 0 bridgehead atoms. The van der Waals surface area contributed by atoms with E-state index in [4.69, 9.17) is 0 Å². The molecule has 3 rings (SSSR count). The minimum Gasteiger partial charge on any atom is -0.310 e. The van der Waals surface area contributed by atoms with Gasteiger partial charge in [0, 0.05) is 13.0 Å². The van der Waals surface area contributed by atoms with Crippen LogP contribution in [0.4, 0.5) is 0 Å². The molecule has 0 radical (unpaired) electrons. The van der Waals surface area contributed by atoms with Gasteiger partial charge >= 0.3 is 0 Å². The van der Waals surface area contributed by atoms with Crippen molar-refractivity contribution in [3.63, 3.8) is 0 Å². The molecule has 1 aromatic carbocycles. The molecule has 0 saturated heterocycles. The van der Waals surface area contributed by atoms with Crippen molar-refractivity contribution in [2.24, 2.45) is 0 Å². The number of fused-ring (bicyclic) bond motifs is 1. The lowest BCUT2D eigenvalue weighted by Crippen LogP contribution is -2.05. The second kappa shape index (κ2) is 6.15. The Morgan fingerprint density at radius 3 is 2.64 bits per heavy atom. The van der Waals surface area contributed by atoms with E-state index in [1.54, 1.807) is 0 Å². The highest BCUT2D eigenvalue weighted by Gasteiger charge is 2.17. The first-order chi connectivity index (χ1) is 10.7. The number of aromatic nitrogens is 3. The molecule has 112 valence electrons. The van der Waals surface area contributed by atoms with Crippen molar-refractivity contribution in [3.05, 3.63) is 46.5 Å². The third kappa shape index (κ3) is 2.94. The van der Waals surface area contributed by atoms with E-state index in [1.807, 2.05) is 6.08 Å².